The first-order valence-corrected chi connectivity index (χ1v) is 7.13. The SMILES string of the molecule is CCCNC(=O)C(=O)N/N=C\c1cc(Cl)ccc1OCC(N)=O. The van der Waals surface area contributed by atoms with Gasteiger partial charge in [0, 0.05) is 17.1 Å². The predicted molar refractivity (Wildman–Crippen MR) is 85.2 cm³/mol. The maximum Gasteiger partial charge on any atom is 0.329 e. The Balaban J connectivity index is 2.71. The lowest BCUT2D eigenvalue weighted by Crippen LogP contribution is -2.38. The zero-order valence-electron chi connectivity index (χ0n) is 12.5. The lowest BCUT2D eigenvalue weighted by atomic mass is 10.2. The maximum absolute atomic E-state index is 11.5. The van der Waals surface area contributed by atoms with Crippen LogP contribution >= 0.6 is 11.6 Å². The number of nitrogens with two attached hydrogens (primary N) is 1. The van der Waals surface area contributed by atoms with Crippen molar-refractivity contribution in [3.05, 3.63) is 28.8 Å². The molecule has 1 aromatic rings. The Hall–Kier alpha value is -2.61. The molecule has 0 radical (unpaired) electrons. The van der Waals surface area contributed by atoms with Crippen molar-refractivity contribution in [2.75, 3.05) is 13.2 Å². The third-order valence-electron chi connectivity index (χ3n) is 2.45. The van der Waals surface area contributed by atoms with Crippen molar-refractivity contribution in [3.8, 4) is 5.75 Å². The van der Waals surface area contributed by atoms with Gasteiger partial charge >= 0.3 is 11.8 Å². The van der Waals surface area contributed by atoms with Gasteiger partial charge in [0.15, 0.2) is 6.61 Å². The first kappa shape index (κ1) is 18.4. The highest BCUT2D eigenvalue weighted by Gasteiger charge is 2.11. The molecule has 0 aromatic heterocycles. The average Bonchev–Trinajstić information content (AvgIpc) is 2.51. The van der Waals surface area contributed by atoms with Crippen LogP contribution in [0.5, 0.6) is 5.75 Å². The van der Waals surface area contributed by atoms with Gasteiger partial charge in [0.1, 0.15) is 5.75 Å². The summed E-state index contributed by atoms with van der Waals surface area (Å²) in [6.07, 6.45) is 1.96. The van der Waals surface area contributed by atoms with E-state index < -0.39 is 17.7 Å². The summed E-state index contributed by atoms with van der Waals surface area (Å²) in [6.45, 7) is 1.95. The topological polar surface area (TPSA) is 123 Å². The lowest BCUT2D eigenvalue weighted by molar-refractivity contribution is -0.139. The second kappa shape index (κ2) is 9.42. The van der Waals surface area contributed by atoms with Crippen molar-refractivity contribution in [1.29, 1.82) is 0 Å². The van der Waals surface area contributed by atoms with Gasteiger partial charge in [-0.2, -0.15) is 5.10 Å². The zero-order chi connectivity index (χ0) is 17.2. The number of hydrogen-bond donors (Lipinski definition) is 3. The molecule has 0 atom stereocenters. The van der Waals surface area contributed by atoms with Crippen LogP contribution in [0, 0.1) is 0 Å². The second-order valence-corrected chi connectivity index (χ2v) is 4.83. The zero-order valence-corrected chi connectivity index (χ0v) is 13.2. The van der Waals surface area contributed by atoms with Gasteiger partial charge in [-0.1, -0.05) is 18.5 Å². The van der Waals surface area contributed by atoms with Crippen LogP contribution in [-0.2, 0) is 14.4 Å². The first-order chi connectivity index (χ1) is 10.9. The van der Waals surface area contributed by atoms with Crippen molar-refractivity contribution in [1.82, 2.24) is 10.7 Å². The van der Waals surface area contributed by atoms with Crippen molar-refractivity contribution >= 4 is 35.5 Å². The van der Waals surface area contributed by atoms with Crippen LogP contribution in [0.1, 0.15) is 18.9 Å². The first-order valence-electron chi connectivity index (χ1n) is 6.76. The Morgan fingerprint density at radius 1 is 1.35 bits per heavy atom. The lowest BCUT2D eigenvalue weighted by Gasteiger charge is -2.07. The van der Waals surface area contributed by atoms with E-state index in [2.05, 4.69) is 15.8 Å². The van der Waals surface area contributed by atoms with E-state index >= 15 is 0 Å². The number of benzene rings is 1. The normalized spacial score (nSPS) is 10.3. The number of hydrogen-bond acceptors (Lipinski definition) is 5. The average molecular weight is 341 g/mol. The largest absolute Gasteiger partial charge is 0.483 e. The minimum atomic E-state index is -0.892. The van der Waals surface area contributed by atoms with Crippen LogP contribution in [0.25, 0.3) is 0 Å². The molecule has 0 bridgehead atoms. The third kappa shape index (κ3) is 6.79. The van der Waals surface area contributed by atoms with Crippen molar-refractivity contribution in [3.63, 3.8) is 0 Å². The molecular formula is C14H17ClN4O4. The summed E-state index contributed by atoms with van der Waals surface area (Å²) < 4.78 is 5.20. The van der Waals surface area contributed by atoms with Crippen LogP contribution < -0.4 is 21.2 Å². The van der Waals surface area contributed by atoms with Gasteiger partial charge in [0.05, 0.1) is 6.21 Å². The number of nitrogens with zero attached hydrogens (tertiary/aromatic N) is 1. The molecule has 0 aliphatic rings. The molecule has 3 amide bonds. The molecule has 8 nitrogen and oxygen atoms in total. The van der Waals surface area contributed by atoms with E-state index in [1.54, 1.807) is 6.07 Å². The Bertz CT molecular complexity index is 619. The fourth-order valence-electron chi connectivity index (χ4n) is 1.43. The molecule has 0 saturated carbocycles. The molecule has 0 heterocycles. The molecule has 0 saturated heterocycles. The maximum atomic E-state index is 11.5. The molecule has 1 aromatic carbocycles. The molecule has 1 rings (SSSR count). The fourth-order valence-corrected chi connectivity index (χ4v) is 1.61. The van der Waals surface area contributed by atoms with Gasteiger partial charge in [-0.3, -0.25) is 14.4 Å². The van der Waals surface area contributed by atoms with Gasteiger partial charge in [0.2, 0.25) is 0 Å². The summed E-state index contributed by atoms with van der Waals surface area (Å²) in [5, 5.41) is 6.48. The number of rotatable bonds is 7. The Labute approximate surface area is 138 Å². The summed E-state index contributed by atoms with van der Waals surface area (Å²) >= 11 is 5.87. The number of hydrazone groups is 1. The Morgan fingerprint density at radius 3 is 2.74 bits per heavy atom. The minimum Gasteiger partial charge on any atom is -0.483 e. The van der Waals surface area contributed by atoms with Crippen LogP contribution in [0.15, 0.2) is 23.3 Å². The molecule has 23 heavy (non-hydrogen) atoms. The van der Waals surface area contributed by atoms with Crippen LogP contribution in [0.2, 0.25) is 5.02 Å². The van der Waals surface area contributed by atoms with Crippen molar-refractivity contribution < 1.29 is 19.1 Å². The standard InChI is InChI=1S/C14H17ClN4O4/c1-2-5-17-13(21)14(22)19-18-7-9-6-10(15)3-4-11(9)23-8-12(16)20/h3-4,6-7H,2,5,8H2,1H3,(H2,16,20)(H,17,21)(H,19,22)/b18-7-. The molecular weight excluding hydrogens is 324 g/mol. The molecule has 4 N–H and O–H groups in total. The van der Waals surface area contributed by atoms with Gasteiger partial charge in [-0.05, 0) is 24.6 Å². The molecule has 0 fully saturated rings. The summed E-state index contributed by atoms with van der Waals surface area (Å²) in [5.41, 5.74) is 7.50. The Kier molecular flexibility index (Phi) is 7.55. The van der Waals surface area contributed by atoms with Gasteiger partial charge < -0.3 is 15.8 Å². The second-order valence-electron chi connectivity index (χ2n) is 4.39. The van der Waals surface area contributed by atoms with E-state index in [0.29, 0.717) is 29.3 Å². The number of carbonyl (C=O) groups excluding carboxylic acids is 3. The Morgan fingerprint density at radius 2 is 2.09 bits per heavy atom. The number of carbonyl (C=O) groups is 3. The molecule has 124 valence electrons. The predicted octanol–water partition coefficient (Wildman–Crippen LogP) is 0.180. The molecule has 0 spiro atoms. The van der Waals surface area contributed by atoms with E-state index in [0.717, 1.165) is 0 Å². The van der Waals surface area contributed by atoms with E-state index in [9.17, 15) is 14.4 Å². The molecule has 9 heteroatoms. The van der Waals surface area contributed by atoms with Gasteiger partial charge in [-0.15, -0.1) is 0 Å². The fraction of sp³-hybridized carbons (Fsp3) is 0.286. The van der Waals surface area contributed by atoms with E-state index in [-0.39, 0.29) is 6.61 Å². The highest BCUT2D eigenvalue weighted by molar-refractivity contribution is 6.35. The third-order valence-corrected chi connectivity index (χ3v) is 2.69. The van der Waals surface area contributed by atoms with E-state index in [4.69, 9.17) is 22.1 Å². The van der Waals surface area contributed by atoms with Crippen LogP contribution in [0.3, 0.4) is 0 Å². The van der Waals surface area contributed by atoms with E-state index in [1.807, 2.05) is 6.92 Å². The number of nitrogens with one attached hydrogen (secondary N) is 2. The number of halogens is 1. The highest BCUT2D eigenvalue weighted by atomic mass is 35.5. The number of ether oxygens (including phenoxy) is 1. The summed E-state index contributed by atoms with van der Waals surface area (Å²) in [4.78, 5) is 33.6. The van der Waals surface area contributed by atoms with Crippen LogP contribution in [0.4, 0.5) is 0 Å². The van der Waals surface area contributed by atoms with E-state index in [1.165, 1.54) is 18.3 Å². The van der Waals surface area contributed by atoms with Crippen molar-refractivity contribution in [2.45, 2.75) is 13.3 Å². The minimum absolute atomic E-state index is 0.307. The molecule has 0 unspecified atom stereocenters. The van der Waals surface area contributed by atoms with Crippen molar-refractivity contribution in [2.24, 2.45) is 10.8 Å². The van der Waals surface area contributed by atoms with Gasteiger partial charge in [0.25, 0.3) is 5.91 Å². The monoisotopic (exact) mass is 340 g/mol. The molecule has 0 aliphatic carbocycles. The number of amides is 3. The number of primary amides is 1. The summed E-state index contributed by atoms with van der Waals surface area (Å²) in [6, 6.07) is 4.61. The highest BCUT2D eigenvalue weighted by Crippen LogP contribution is 2.21. The van der Waals surface area contributed by atoms with Gasteiger partial charge in [-0.25, -0.2) is 5.43 Å². The smallest absolute Gasteiger partial charge is 0.329 e. The van der Waals surface area contributed by atoms with Crippen LogP contribution in [-0.4, -0.2) is 37.1 Å². The quantitative estimate of drug-likeness (QED) is 0.372. The molecule has 0 aliphatic heterocycles. The summed E-state index contributed by atoms with van der Waals surface area (Å²) in [5.74, 6) is -2.00. The summed E-state index contributed by atoms with van der Waals surface area (Å²) in [7, 11) is 0.